The van der Waals surface area contributed by atoms with Crippen LogP contribution in [-0.4, -0.2) is 36.6 Å². The molecule has 3 N–H and O–H groups in total. The Morgan fingerprint density at radius 3 is 2.33 bits per heavy atom. The number of hydrogen-bond acceptors (Lipinski definition) is 5. The third-order valence-electron chi connectivity index (χ3n) is 2.52. The van der Waals surface area contributed by atoms with Gasteiger partial charge >= 0.3 is 5.69 Å². The molecule has 0 aliphatic rings. The third kappa shape index (κ3) is 4.33. The van der Waals surface area contributed by atoms with Crippen LogP contribution < -0.4 is 21.7 Å². The first-order chi connectivity index (χ1) is 9.02. The third-order valence-corrected chi connectivity index (χ3v) is 3.91. The number of nitrogens with one attached hydrogen (secondary N) is 1. The molecule has 0 aliphatic carbocycles. The first kappa shape index (κ1) is 19.7. The molecule has 0 saturated carbocycles. The van der Waals surface area contributed by atoms with Crippen LogP contribution in [0.25, 0.3) is 0 Å². The Hall–Kier alpha value is -1.30. The average molecular weight is 349 g/mol. The summed E-state index contributed by atoms with van der Waals surface area (Å²) in [5.74, 6) is -3.43. The van der Waals surface area contributed by atoms with Crippen LogP contribution >= 0.6 is 12.4 Å². The number of hydrogen-bond donors (Lipinski definition) is 2. The molecule has 0 atom stereocenters. The van der Waals surface area contributed by atoms with Gasteiger partial charge in [0.2, 0.25) is 10.0 Å². The monoisotopic (exact) mass is 348 g/mol. The number of nitrogens with zero attached hydrogens (tertiary/aromatic N) is 2. The molecule has 0 fully saturated rings. The van der Waals surface area contributed by atoms with Gasteiger partial charge in [-0.05, 0) is 0 Å². The van der Waals surface area contributed by atoms with Gasteiger partial charge in [0.05, 0.1) is 13.1 Å². The van der Waals surface area contributed by atoms with Gasteiger partial charge in [0.1, 0.15) is 0 Å². The first-order valence-corrected chi connectivity index (χ1v) is 6.84. The van der Waals surface area contributed by atoms with E-state index in [4.69, 9.17) is 5.73 Å². The summed E-state index contributed by atoms with van der Waals surface area (Å²) in [5.41, 5.74) is 2.94. The molecule has 0 saturated heterocycles. The van der Waals surface area contributed by atoms with Gasteiger partial charge in [-0.2, -0.15) is 0 Å². The van der Waals surface area contributed by atoms with Crippen molar-refractivity contribution in [3.05, 3.63) is 27.0 Å². The summed E-state index contributed by atoms with van der Waals surface area (Å²) in [6.07, 6.45) is 0.771. The second-order valence-corrected chi connectivity index (χ2v) is 5.87. The van der Waals surface area contributed by atoms with Gasteiger partial charge < -0.3 is 10.3 Å². The van der Waals surface area contributed by atoms with Crippen molar-refractivity contribution in [2.45, 2.75) is 10.8 Å². The predicted molar refractivity (Wildman–Crippen MR) is 73.4 cm³/mol. The van der Waals surface area contributed by atoms with Gasteiger partial charge in [-0.1, -0.05) is 0 Å². The van der Waals surface area contributed by atoms with E-state index in [-0.39, 0.29) is 12.4 Å². The summed E-state index contributed by atoms with van der Waals surface area (Å²) in [4.78, 5) is 22.3. The minimum absolute atomic E-state index is 0. The minimum atomic E-state index is -4.47. The van der Waals surface area contributed by atoms with E-state index in [2.05, 4.69) is 0 Å². The molecule has 122 valence electrons. The van der Waals surface area contributed by atoms with Crippen molar-refractivity contribution in [3.8, 4) is 0 Å². The van der Waals surface area contributed by atoms with Crippen molar-refractivity contribution in [1.82, 2.24) is 13.9 Å². The quantitative estimate of drug-likeness (QED) is 0.663. The van der Waals surface area contributed by atoms with E-state index in [0.29, 0.717) is 4.57 Å². The fourth-order valence-electron chi connectivity index (χ4n) is 1.31. The maximum absolute atomic E-state index is 12.9. The molecular weight excluding hydrogens is 334 g/mol. The van der Waals surface area contributed by atoms with Crippen molar-refractivity contribution in [1.29, 1.82) is 0 Å². The normalized spacial score (nSPS) is 12.0. The van der Waals surface area contributed by atoms with Crippen LogP contribution in [0.2, 0.25) is 0 Å². The molecule has 0 amide bonds. The number of alkyl halides is 2. The summed E-state index contributed by atoms with van der Waals surface area (Å²) in [5, 5.41) is 0. The van der Waals surface area contributed by atoms with Crippen molar-refractivity contribution < 1.29 is 17.2 Å². The minimum Gasteiger partial charge on any atom is -0.325 e. The van der Waals surface area contributed by atoms with E-state index in [1.54, 1.807) is 4.72 Å². The molecule has 0 unspecified atom stereocenters. The maximum Gasteiger partial charge on any atom is 0.330 e. The second-order valence-electron chi connectivity index (χ2n) is 4.14. The maximum atomic E-state index is 12.9. The Morgan fingerprint density at radius 2 is 1.86 bits per heavy atom. The Morgan fingerprint density at radius 1 is 1.33 bits per heavy atom. The highest BCUT2D eigenvalue weighted by atomic mass is 35.5. The molecule has 1 aromatic rings. The average Bonchev–Trinajstić information content (AvgIpc) is 2.38. The summed E-state index contributed by atoms with van der Waals surface area (Å²) >= 11 is 0. The molecule has 21 heavy (non-hydrogen) atoms. The number of aryl methyl sites for hydroxylation is 1. The molecule has 0 radical (unpaired) electrons. The lowest BCUT2D eigenvalue weighted by Crippen LogP contribution is -2.45. The molecular formula is C9H15ClF2N4O4S. The molecule has 8 nitrogen and oxygen atoms in total. The van der Waals surface area contributed by atoms with Crippen LogP contribution in [0.3, 0.4) is 0 Å². The molecule has 12 heteroatoms. The van der Waals surface area contributed by atoms with Crippen LogP contribution in [0, 0.1) is 0 Å². The standard InChI is InChI=1S/C9H14F2N4O4S.ClH/c1-14-3-6(7(16)15(2)8(14)17)20(18,19)13-5-9(10,11)4-12;/h3,13H,4-5,12H2,1-2H3;1H. The summed E-state index contributed by atoms with van der Waals surface area (Å²) in [6, 6.07) is 0. The van der Waals surface area contributed by atoms with Gasteiger partial charge in [0.15, 0.2) is 4.90 Å². The van der Waals surface area contributed by atoms with Crippen molar-refractivity contribution in [2.75, 3.05) is 13.1 Å². The van der Waals surface area contributed by atoms with E-state index < -0.39 is 45.2 Å². The van der Waals surface area contributed by atoms with Gasteiger partial charge in [-0.25, -0.2) is 26.7 Å². The van der Waals surface area contributed by atoms with Gasteiger partial charge in [-0.3, -0.25) is 9.36 Å². The number of rotatable bonds is 5. The van der Waals surface area contributed by atoms with Crippen LogP contribution in [0.5, 0.6) is 0 Å². The molecule has 1 heterocycles. The van der Waals surface area contributed by atoms with Gasteiger partial charge in [0.25, 0.3) is 11.5 Å². The zero-order valence-corrected chi connectivity index (χ0v) is 12.8. The van der Waals surface area contributed by atoms with Crippen LogP contribution in [0.15, 0.2) is 20.7 Å². The van der Waals surface area contributed by atoms with Crippen LogP contribution in [-0.2, 0) is 24.1 Å². The zero-order valence-electron chi connectivity index (χ0n) is 11.2. The SMILES string of the molecule is Cl.Cn1cc(S(=O)(=O)NCC(F)(F)CN)c(=O)n(C)c1=O. The first-order valence-electron chi connectivity index (χ1n) is 5.36. The fourth-order valence-corrected chi connectivity index (χ4v) is 2.53. The highest BCUT2D eigenvalue weighted by Gasteiger charge is 2.30. The number of halogens is 3. The van der Waals surface area contributed by atoms with E-state index >= 15 is 0 Å². The lowest BCUT2D eigenvalue weighted by atomic mass is 10.3. The van der Waals surface area contributed by atoms with Crippen molar-refractivity contribution in [2.24, 2.45) is 19.8 Å². The van der Waals surface area contributed by atoms with E-state index in [9.17, 15) is 26.8 Å². The number of aromatic nitrogens is 2. The zero-order chi connectivity index (χ0) is 15.7. The van der Waals surface area contributed by atoms with Gasteiger partial charge in [0, 0.05) is 20.3 Å². The molecule has 0 aromatic carbocycles. The van der Waals surface area contributed by atoms with Crippen molar-refractivity contribution >= 4 is 22.4 Å². The Balaban J connectivity index is 0.00000400. The summed E-state index contributed by atoms with van der Waals surface area (Å²) in [6.45, 7) is -2.28. The van der Waals surface area contributed by atoms with E-state index in [1.165, 1.54) is 7.05 Å². The number of sulfonamides is 1. The topological polar surface area (TPSA) is 116 Å². The number of nitrogens with two attached hydrogens (primary N) is 1. The van der Waals surface area contributed by atoms with E-state index in [1.807, 2.05) is 0 Å². The highest BCUT2D eigenvalue weighted by Crippen LogP contribution is 2.10. The molecule has 0 aliphatic heterocycles. The smallest absolute Gasteiger partial charge is 0.325 e. The molecule has 0 spiro atoms. The lowest BCUT2D eigenvalue weighted by Gasteiger charge is -2.15. The largest absolute Gasteiger partial charge is 0.330 e. The lowest BCUT2D eigenvalue weighted by molar-refractivity contribution is 0.0170. The van der Waals surface area contributed by atoms with Crippen LogP contribution in [0.4, 0.5) is 8.78 Å². The Kier molecular flexibility index (Phi) is 6.23. The van der Waals surface area contributed by atoms with Crippen molar-refractivity contribution in [3.63, 3.8) is 0 Å². The Labute approximate surface area is 125 Å². The van der Waals surface area contributed by atoms with E-state index in [0.717, 1.165) is 17.8 Å². The molecule has 0 bridgehead atoms. The highest BCUT2D eigenvalue weighted by molar-refractivity contribution is 7.89. The fraction of sp³-hybridized carbons (Fsp3) is 0.556. The van der Waals surface area contributed by atoms with Gasteiger partial charge in [-0.15, -0.1) is 12.4 Å². The van der Waals surface area contributed by atoms with Crippen LogP contribution in [0.1, 0.15) is 0 Å². The summed E-state index contributed by atoms with van der Waals surface area (Å²) < 4.78 is 52.5. The molecule has 1 rings (SSSR count). The molecule has 1 aromatic heterocycles. The second kappa shape index (κ2) is 6.64. The Bertz CT molecular complexity index is 728. The predicted octanol–water partition coefficient (Wildman–Crippen LogP) is -1.62. The summed E-state index contributed by atoms with van der Waals surface area (Å²) in [7, 11) is -2.16.